The normalized spacial score (nSPS) is 25.6. The molecule has 2 aliphatic rings. The molecule has 2 aromatic heterocycles. The summed E-state index contributed by atoms with van der Waals surface area (Å²) in [5.74, 6) is 2.41. The minimum Gasteiger partial charge on any atom is -0.456 e. The molecular weight excluding hydrogens is 322 g/mol. The number of aromatic nitrogens is 2. The minimum atomic E-state index is -0.225. The Hall–Kier alpha value is -2.15. The molecule has 2 aromatic rings. The van der Waals surface area contributed by atoms with Gasteiger partial charge in [-0.1, -0.05) is 13.3 Å². The molecule has 7 heteroatoms. The van der Waals surface area contributed by atoms with Crippen molar-refractivity contribution in [1.82, 2.24) is 15.1 Å². The summed E-state index contributed by atoms with van der Waals surface area (Å²) in [6, 6.07) is 1.64. The number of fused-ring (bicyclic) bond motifs is 1. The fourth-order valence-electron chi connectivity index (χ4n) is 4.33. The van der Waals surface area contributed by atoms with Crippen LogP contribution < -0.4 is 0 Å². The van der Waals surface area contributed by atoms with Gasteiger partial charge >= 0.3 is 0 Å². The van der Waals surface area contributed by atoms with E-state index in [0.29, 0.717) is 48.5 Å². The van der Waals surface area contributed by atoms with Gasteiger partial charge in [-0.05, 0) is 31.7 Å². The van der Waals surface area contributed by atoms with Crippen LogP contribution in [0.4, 0.5) is 0 Å². The van der Waals surface area contributed by atoms with Crippen LogP contribution in [-0.4, -0.2) is 39.2 Å². The maximum absolute atomic E-state index is 12.9. The van der Waals surface area contributed by atoms with Gasteiger partial charge in [-0.25, -0.2) is 0 Å². The maximum Gasteiger partial charge on any atom is 0.289 e. The van der Waals surface area contributed by atoms with Gasteiger partial charge in [0.15, 0.2) is 5.76 Å². The van der Waals surface area contributed by atoms with Crippen LogP contribution in [0.1, 0.15) is 59.8 Å². The fraction of sp³-hybridized carbons (Fsp3) is 0.611. The van der Waals surface area contributed by atoms with E-state index in [4.69, 9.17) is 8.83 Å². The van der Waals surface area contributed by atoms with E-state index in [1.165, 1.54) is 0 Å². The molecule has 0 unspecified atom stereocenters. The van der Waals surface area contributed by atoms with Crippen LogP contribution in [0.15, 0.2) is 14.9 Å². The first-order valence-electron chi connectivity index (χ1n) is 8.89. The van der Waals surface area contributed by atoms with E-state index < -0.39 is 0 Å². The van der Waals surface area contributed by atoms with E-state index in [2.05, 4.69) is 10.2 Å². The number of carbonyl (C=O) groups excluding carboxylic acids is 1. The Kier molecular flexibility index (Phi) is 3.91. The van der Waals surface area contributed by atoms with E-state index in [0.717, 1.165) is 19.3 Å². The summed E-state index contributed by atoms with van der Waals surface area (Å²) in [5, 5.41) is 17.7. The number of likely N-dealkylation sites (tertiary alicyclic amines) is 1. The van der Waals surface area contributed by atoms with Gasteiger partial charge in [-0.2, -0.15) is 0 Å². The van der Waals surface area contributed by atoms with Gasteiger partial charge in [0.1, 0.15) is 5.76 Å². The molecule has 1 saturated carbocycles. The van der Waals surface area contributed by atoms with Gasteiger partial charge < -0.3 is 18.8 Å². The Labute approximate surface area is 146 Å². The van der Waals surface area contributed by atoms with Crippen LogP contribution >= 0.6 is 0 Å². The van der Waals surface area contributed by atoms with Crippen molar-refractivity contribution in [2.75, 3.05) is 13.1 Å². The van der Waals surface area contributed by atoms with Crippen molar-refractivity contribution < 1.29 is 18.7 Å². The van der Waals surface area contributed by atoms with Crippen molar-refractivity contribution in [2.24, 2.45) is 5.92 Å². The third kappa shape index (κ3) is 2.49. The molecule has 0 bridgehead atoms. The molecule has 7 nitrogen and oxygen atoms in total. The SMILES string of the molecule is CCc1nnc([C@]23CCC[C@H]2CN(C(=O)c2cc(CO)c(C)o2)C3)o1. The average Bonchev–Trinajstić information content (AvgIpc) is 3.35. The zero-order valence-corrected chi connectivity index (χ0v) is 14.6. The Morgan fingerprint density at radius 3 is 2.96 bits per heavy atom. The van der Waals surface area contributed by atoms with Crippen LogP contribution in [0.2, 0.25) is 0 Å². The van der Waals surface area contributed by atoms with Gasteiger partial charge in [-0.3, -0.25) is 4.79 Å². The van der Waals surface area contributed by atoms with E-state index in [9.17, 15) is 9.90 Å². The lowest BCUT2D eigenvalue weighted by Crippen LogP contribution is -2.34. The van der Waals surface area contributed by atoms with Gasteiger partial charge in [-0.15, -0.1) is 10.2 Å². The molecule has 1 saturated heterocycles. The quantitative estimate of drug-likeness (QED) is 0.913. The highest BCUT2D eigenvalue weighted by atomic mass is 16.4. The molecule has 0 spiro atoms. The smallest absolute Gasteiger partial charge is 0.289 e. The summed E-state index contributed by atoms with van der Waals surface area (Å²) >= 11 is 0. The van der Waals surface area contributed by atoms with Gasteiger partial charge in [0.25, 0.3) is 5.91 Å². The van der Waals surface area contributed by atoms with E-state index in [1.807, 2.05) is 11.8 Å². The maximum atomic E-state index is 12.9. The van der Waals surface area contributed by atoms with Gasteiger partial charge in [0.2, 0.25) is 11.8 Å². The summed E-state index contributed by atoms with van der Waals surface area (Å²) in [6.45, 7) is 4.88. The molecule has 0 radical (unpaired) electrons. The van der Waals surface area contributed by atoms with Crippen LogP contribution in [-0.2, 0) is 18.4 Å². The number of furan rings is 1. The standard InChI is InChI=1S/C18H23N3O4/c1-3-15-19-20-17(25-15)18-6-4-5-13(18)8-21(10-18)16(23)14-7-12(9-22)11(2)24-14/h7,13,22H,3-6,8-10H2,1-2H3/t13-,18-/m0/s1. The Morgan fingerprint density at radius 1 is 1.44 bits per heavy atom. The second-order valence-electron chi connectivity index (χ2n) is 7.14. The lowest BCUT2D eigenvalue weighted by atomic mass is 9.80. The lowest BCUT2D eigenvalue weighted by molar-refractivity contribution is 0.0742. The highest BCUT2D eigenvalue weighted by Gasteiger charge is 2.55. The third-order valence-electron chi connectivity index (χ3n) is 5.75. The molecule has 25 heavy (non-hydrogen) atoms. The highest BCUT2D eigenvalue weighted by Crippen LogP contribution is 2.50. The molecule has 0 aromatic carbocycles. The zero-order valence-electron chi connectivity index (χ0n) is 14.6. The van der Waals surface area contributed by atoms with Gasteiger partial charge in [0.05, 0.1) is 12.0 Å². The van der Waals surface area contributed by atoms with Crippen molar-refractivity contribution >= 4 is 5.91 Å². The number of nitrogens with zero attached hydrogens (tertiary/aromatic N) is 3. The van der Waals surface area contributed by atoms with Crippen LogP contribution in [0, 0.1) is 12.8 Å². The molecule has 1 aliphatic heterocycles. The number of aliphatic hydroxyl groups is 1. The average molecular weight is 345 g/mol. The molecule has 1 amide bonds. The topological polar surface area (TPSA) is 92.6 Å². The van der Waals surface area contributed by atoms with E-state index >= 15 is 0 Å². The van der Waals surface area contributed by atoms with Crippen molar-refractivity contribution in [2.45, 2.75) is 51.6 Å². The molecule has 2 fully saturated rings. The van der Waals surface area contributed by atoms with E-state index in [1.54, 1.807) is 13.0 Å². The number of hydrogen-bond donors (Lipinski definition) is 1. The predicted molar refractivity (Wildman–Crippen MR) is 88.0 cm³/mol. The predicted octanol–water partition coefficient (Wildman–Crippen LogP) is 2.22. The second-order valence-corrected chi connectivity index (χ2v) is 7.14. The van der Waals surface area contributed by atoms with Crippen molar-refractivity contribution in [1.29, 1.82) is 0 Å². The number of aliphatic hydroxyl groups excluding tert-OH is 1. The number of rotatable bonds is 4. The molecule has 1 N–H and O–H groups in total. The number of hydrogen-bond acceptors (Lipinski definition) is 6. The fourth-order valence-corrected chi connectivity index (χ4v) is 4.33. The first-order valence-corrected chi connectivity index (χ1v) is 8.89. The molecule has 134 valence electrons. The van der Waals surface area contributed by atoms with Crippen LogP contribution in [0.5, 0.6) is 0 Å². The van der Waals surface area contributed by atoms with Crippen LogP contribution in [0.3, 0.4) is 0 Å². The molecular formula is C18H23N3O4. The first kappa shape index (κ1) is 16.3. The van der Waals surface area contributed by atoms with Gasteiger partial charge in [0, 0.05) is 25.1 Å². The summed E-state index contributed by atoms with van der Waals surface area (Å²) < 4.78 is 11.4. The Morgan fingerprint density at radius 2 is 2.28 bits per heavy atom. The first-order chi connectivity index (χ1) is 12.1. The highest BCUT2D eigenvalue weighted by molar-refractivity contribution is 5.92. The molecule has 2 atom stereocenters. The third-order valence-corrected chi connectivity index (χ3v) is 5.75. The number of aryl methyl sites for hydroxylation is 2. The van der Waals surface area contributed by atoms with Crippen molar-refractivity contribution in [3.63, 3.8) is 0 Å². The summed E-state index contributed by atoms with van der Waals surface area (Å²) in [6.07, 6.45) is 3.86. The molecule has 3 heterocycles. The second kappa shape index (κ2) is 5.98. The number of amides is 1. The Balaban J connectivity index is 1.60. The molecule has 4 rings (SSSR count). The largest absolute Gasteiger partial charge is 0.456 e. The number of carbonyl (C=O) groups is 1. The summed E-state index contributed by atoms with van der Waals surface area (Å²) in [7, 11) is 0. The lowest BCUT2D eigenvalue weighted by Gasteiger charge is -2.24. The van der Waals surface area contributed by atoms with Crippen molar-refractivity contribution in [3.05, 3.63) is 34.9 Å². The monoisotopic (exact) mass is 345 g/mol. The molecule has 1 aliphatic carbocycles. The van der Waals surface area contributed by atoms with E-state index in [-0.39, 0.29) is 23.7 Å². The minimum absolute atomic E-state index is 0.128. The van der Waals surface area contributed by atoms with Crippen molar-refractivity contribution in [3.8, 4) is 0 Å². The zero-order chi connectivity index (χ0) is 17.6. The Bertz CT molecular complexity index is 796. The van der Waals surface area contributed by atoms with Crippen LogP contribution in [0.25, 0.3) is 0 Å². The summed E-state index contributed by atoms with van der Waals surface area (Å²) in [4.78, 5) is 14.7. The summed E-state index contributed by atoms with van der Waals surface area (Å²) in [5.41, 5.74) is 0.430.